The van der Waals surface area contributed by atoms with Crippen LogP contribution in [-0.4, -0.2) is 45.4 Å². The van der Waals surface area contributed by atoms with Crippen LogP contribution >= 0.6 is 11.3 Å². The molecule has 2 aromatic rings. The van der Waals surface area contributed by atoms with Crippen molar-refractivity contribution in [3.8, 4) is 11.5 Å². The molecule has 0 amide bonds. The summed E-state index contributed by atoms with van der Waals surface area (Å²) in [4.78, 5) is 7.27. The fourth-order valence-corrected chi connectivity index (χ4v) is 4.30. The van der Waals surface area contributed by atoms with E-state index in [1.165, 1.54) is 5.00 Å². The predicted molar refractivity (Wildman–Crippen MR) is 126 cm³/mol. The molecule has 0 radical (unpaired) electrons. The average molecular weight is 431 g/mol. The van der Waals surface area contributed by atoms with Gasteiger partial charge in [-0.25, -0.2) is 4.99 Å². The molecule has 1 aromatic carbocycles. The second-order valence-electron chi connectivity index (χ2n) is 7.39. The molecule has 0 atom stereocenters. The van der Waals surface area contributed by atoms with Crippen LogP contribution in [-0.2, 0) is 6.54 Å². The minimum absolute atomic E-state index is 0.443. The summed E-state index contributed by atoms with van der Waals surface area (Å²) in [6, 6.07) is 10.8. The highest BCUT2D eigenvalue weighted by atomic mass is 32.1. The molecule has 0 spiro atoms. The minimum atomic E-state index is 0.443. The number of piperidine rings is 1. The molecule has 30 heavy (non-hydrogen) atoms. The lowest BCUT2D eigenvalue weighted by Gasteiger charge is -2.33. The quantitative estimate of drug-likeness (QED) is 0.460. The van der Waals surface area contributed by atoms with Gasteiger partial charge in [0.1, 0.15) is 0 Å². The van der Waals surface area contributed by atoms with Crippen LogP contribution in [0.5, 0.6) is 11.5 Å². The van der Waals surface area contributed by atoms with Crippen molar-refractivity contribution in [3.05, 3.63) is 41.3 Å². The standard InChI is InChI=1S/C23H34N4O2S/c1-4-14-29-20-9-8-18(16-21(20)28-3)17-25-23(24-5-2)26-19-10-12-27(13-11-19)22-7-6-15-30-22/h6-9,15-16,19H,4-5,10-14,17H2,1-3H3,(H2,24,25,26). The van der Waals surface area contributed by atoms with E-state index in [0.717, 1.165) is 61.9 Å². The van der Waals surface area contributed by atoms with E-state index >= 15 is 0 Å². The number of hydrogen-bond donors (Lipinski definition) is 2. The molecule has 6 nitrogen and oxygen atoms in total. The number of nitrogens with one attached hydrogen (secondary N) is 2. The lowest BCUT2D eigenvalue weighted by molar-refractivity contribution is 0.294. The van der Waals surface area contributed by atoms with E-state index in [1.54, 1.807) is 7.11 Å². The molecule has 7 heteroatoms. The first-order chi connectivity index (χ1) is 14.7. The van der Waals surface area contributed by atoms with Gasteiger partial charge in [-0.2, -0.15) is 0 Å². The molecule has 3 rings (SSSR count). The Bertz CT molecular complexity index is 787. The topological polar surface area (TPSA) is 58.1 Å². The number of guanidine groups is 1. The largest absolute Gasteiger partial charge is 0.493 e. The van der Waals surface area contributed by atoms with Crippen molar-refractivity contribution in [2.75, 3.05) is 38.3 Å². The average Bonchev–Trinajstić information content (AvgIpc) is 3.32. The third-order valence-electron chi connectivity index (χ3n) is 5.11. The highest BCUT2D eigenvalue weighted by Gasteiger charge is 2.20. The Morgan fingerprint density at radius 2 is 2.03 bits per heavy atom. The Hall–Kier alpha value is -2.41. The van der Waals surface area contributed by atoms with Gasteiger partial charge < -0.3 is 25.0 Å². The van der Waals surface area contributed by atoms with Gasteiger partial charge in [-0.15, -0.1) is 11.3 Å². The van der Waals surface area contributed by atoms with Gasteiger partial charge in [0.2, 0.25) is 0 Å². The Labute approximate surface area is 184 Å². The van der Waals surface area contributed by atoms with Gasteiger partial charge >= 0.3 is 0 Å². The van der Waals surface area contributed by atoms with Gasteiger partial charge in [-0.3, -0.25) is 0 Å². The maximum Gasteiger partial charge on any atom is 0.191 e. The smallest absolute Gasteiger partial charge is 0.191 e. The fraction of sp³-hybridized carbons (Fsp3) is 0.522. The summed E-state index contributed by atoms with van der Waals surface area (Å²) in [5.74, 6) is 2.42. The van der Waals surface area contributed by atoms with Crippen molar-refractivity contribution in [3.63, 3.8) is 0 Å². The molecule has 164 valence electrons. The van der Waals surface area contributed by atoms with Gasteiger partial charge in [0.25, 0.3) is 0 Å². The molecule has 2 heterocycles. The summed E-state index contributed by atoms with van der Waals surface area (Å²) in [5, 5.41) is 10.5. The zero-order valence-electron chi connectivity index (χ0n) is 18.3. The minimum Gasteiger partial charge on any atom is -0.493 e. The zero-order valence-corrected chi connectivity index (χ0v) is 19.1. The van der Waals surface area contributed by atoms with E-state index in [9.17, 15) is 0 Å². The molecule has 1 aliphatic heterocycles. The normalized spacial score (nSPS) is 15.2. The van der Waals surface area contributed by atoms with Gasteiger partial charge in [0, 0.05) is 25.7 Å². The number of hydrogen-bond acceptors (Lipinski definition) is 5. The fourth-order valence-electron chi connectivity index (χ4n) is 3.52. The molecule has 1 saturated heterocycles. The maximum absolute atomic E-state index is 5.74. The molecule has 0 unspecified atom stereocenters. The number of aliphatic imine (C=N–C) groups is 1. The molecule has 0 aliphatic carbocycles. The maximum atomic E-state index is 5.74. The first kappa shape index (κ1) is 22.3. The van der Waals surface area contributed by atoms with Crippen LogP contribution in [0, 0.1) is 0 Å². The number of nitrogens with zero attached hydrogens (tertiary/aromatic N) is 2. The van der Waals surface area contributed by atoms with Crippen LogP contribution < -0.4 is 25.0 Å². The second-order valence-corrected chi connectivity index (χ2v) is 8.31. The lowest BCUT2D eigenvalue weighted by Crippen LogP contribution is -2.48. The lowest BCUT2D eigenvalue weighted by atomic mass is 10.1. The third kappa shape index (κ3) is 6.29. The van der Waals surface area contributed by atoms with Gasteiger partial charge in [-0.1, -0.05) is 13.0 Å². The van der Waals surface area contributed by atoms with Crippen molar-refractivity contribution < 1.29 is 9.47 Å². The van der Waals surface area contributed by atoms with E-state index in [-0.39, 0.29) is 0 Å². The summed E-state index contributed by atoms with van der Waals surface area (Å²) >= 11 is 1.82. The first-order valence-corrected chi connectivity index (χ1v) is 11.7. The van der Waals surface area contributed by atoms with Crippen LogP contribution in [0.2, 0.25) is 0 Å². The summed E-state index contributed by atoms with van der Waals surface area (Å²) in [5.41, 5.74) is 1.10. The zero-order chi connectivity index (χ0) is 21.2. The van der Waals surface area contributed by atoms with E-state index in [0.29, 0.717) is 19.2 Å². The predicted octanol–water partition coefficient (Wildman–Crippen LogP) is 4.27. The van der Waals surface area contributed by atoms with Gasteiger partial charge in [0.05, 0.1) is 25.3 Å². The number of rotatable bonds is 9. The Morgan fingerprint density at radius 3 is 2.70 bits per heavy atom. The van der Waals surface area contributed by atoms with Crippen molar-refractivity contribution in [1.29, 1.82) is 0 Å². The van der Waals surface area contributed by atoms with Crippen LogP contribution in [0.15, 0.2) is 40.7 Å². The summed E-state index contributed by atoms with van der Waals surface area (Å²) < 4.78 is 11.2. The number of benzene rings is 1. The van der Waals surface area contributed by atoms with Crippen LogP contribution in [0.1, 0.15) is 38.7 Å². The van der Waals surface area contributed by atoms with Crippen molar-refractivity contribution in [2.24, 2.45) is 4.99 Å². The summed E-state index contributed by atoms with van der Waals surface area (Å²) in [7, 11) is 1.68. The molecule has 0 bridgehead atoms. The van der Waals surface area contributed by atoms with E-state index in [2.05, 4.69) is 53.0 Å². The SMILES string of the molecule is CCCOc1ccc(CN=C(NCC)NC2CCN(c3cccs3)CC2)cc1OC. The number of ether oxygens (including phenoxy) is 2. The molecule has 1 aromatic heterocycles. The molecule has 1 aliphatic rings. The Kier molecular flexibility index (Phi) is 8.68. The Balaban J connectivity index is 1.57. The van der Waals surface area contributed by atoms with E-state index in [4.69, 9.17) is 14.5 Å². The van der Waals surface area contributed by atoms with Crippen molar-refractivity contribution in [2.45, 2.75) is 45.7 Å². The van der Waals surface area contributed by atoms with Crippen LogP contribution in [0.3, 0.4) is 0 Å². The number of methoxy groups -OCH3 is 1. The highest BCUT2D eigenvalue weighted by molar-refractivity contribution is 7.14. The summed E-state index contributed by atoms with van der Waals surface area (Å²) in [6.07, 6.45) is 3.19. The first-order valence-electron chi connectivity index (χ1n) is 10.9. The number of anilines is 1. The highest BCUT2D eigenvalue weighted by Crippen LogP contribution is 2.28. The Morgan fingerprint density at radius 1 is 1.20 bits per heavy atom. The van der Waals surface area contributed by atoms with E-state index < -0.39 is 0 Å². The monoisotopic (exact) mass is 430 g/mol. The molecular weight excluding hydrogens is 396 g/mol. The van der Waals surface area contributed by atoms with Gasteiger partial charge in [0.15, 0.2) is 17.5 Å². The van der Waals surface area contributed by atoms with Crippen LogP contribution in [0.25, 0.3) is 0 Å². The van der Waals surface area contributed by atoms with Gasteiger partial charge in [-0.05, 0) is 61.4 Å². The van der Waals surface area contributed by atoms with Crippen LogP contribution in [0.4, 0.5) is 5.00 Å². The van der Waals surface area contributed by atoms with Crippen molar-refractivity contribution in [1.82, 2.24) is 10.6 Å². The molecule has 1 fully saturated rings. The van der Waals surface area contributed by atoms with Crippen molar-refractivity contribution >= 4 is 22.3 Å². The summed E-state index contributed by atoms with van der Waals surface area (Å²) in [6.45, 7) is 8.47. The third-order valence-corrected chi connectivity index (χ3v) is 6.04. The second kappa shape index (κ2) is 11.7. The molecule has 0 saturated carbocycles. The molecule has 2 N–H and O–H groups in total. The number of thiophene rings is 1. The molecular formula is C23H34N4O2S. The van der Waals surface area contributed by atoms with E-state index in [1.807, 2.05) is 23.5 Å².